The fourth-order valence-corrected chi connectivity index (χ4v) is 1.46. The van der Waals surface area contributed by atoms with Crippen molar-refractivity contribution in [1.82, 2.24) is 5.32 Å². The Morgan fingerprint density at radius 1 is 1.50 bits per heavy atom. The molecule has 3 heteroatoms. The Morgan fingerprint density at radius 2 is 2.17 bits per heavy atom. The molecule has 1 aromatic rings. The lowest BCUT2D eigenvalue weighted by Crippen LogP contribution is -2.07. The molecule has 0 aliphatic rings. The third-order valence-electron chi connectivity index (χ3n) is 1.82. The molecule has 0 atom stereocenters. The molecular weight excluding hydrogens is 221 g/mol. The van der Waals surface area contributed by atoms with E-state index >= 15 is 0 Å². The standard InChI is InChI=1S/C9H11BrFN/c1-6-7(5-12-2)3-4-8(11)9(6)10/h3-4,12H,5H2,1-2H3. The summed E-state index contributed by atoms with van der Waals surface area (Å²) in [6.45, 7) is 2.67. The predicted octanol–water partition coefficient (Wildman–Crippen LogP) is 2.62. The number of nitrogens with one attached hydrogen (secondary N) is 1. The topological polar surface area (TPSA) is 12.0 Å². The zero-order valence-electron chi connectivity index (χ0n) is 7.12. The van der Waals surface area contributed by atoms with Gasteiger partial charge in [-0.05, 0) is 47.1 Å². The highest BCUT2D eigenvalue weighted by atomic mass is 79.9. The third kappa shape index (κ3) is 1.84. The normalized spacial score (nSPS) is 10.3. The van der Waals surface area contributed by atoms with Crippen LogP contribution < -0.4 is 5.32 Å². The summed E-state index contributed by atoms with van der Waals surface area (Å²) < 4.78 is 13.5. The molecule has 1 aromatic carbocycles. The smallest absolute Gasteiger partial charge is 0.137 e. The maximum atomic E-state index is 12.9. The Morgan fingerprint density at radius 3 is 2.75 bits per heavy atom. The van der Waals surface area contributed by atoms with E-state index in [0.29, 0.717) is 4.47 Å². The van der Waals surface area contributed by atoms with Gasteiger partial charge in [0.2, 0.25) is 0 Å². The summed E-state index contributed by atoms with van der Waals surface area (Å²) in [5.74, 6) is -0.202. The minimum Gasteiger partial charge on any atom is -0.316 e. The molecule has 1 N–H and O–H groups in total. The van der Waals surface area contributed by atoms with E-state index in [0.717, 1.165) is 17.7 Å². The summed E-state index contributed by atoms with van der Waals surface area (Å²) in [5.41, 5.74) is 2.08. The van der Waals surface area contributed by atoms with Crippen molar-refractivity contribution in [2.75, 3.05) is 7.05 Å². The van der Waals surface area contributed by atoms with E-state index < -0.39 is 0 Å². The molecule has 0 fully saturated rings. The summed E-state index contributed by atoms with van der Waals surface area (Å²) >= 11 is 3.20. The first-order valence-electron chi connectivity index (χ1n) is 3.75. The zero-order valence-corrected chi connectivity index (χ0v) is 8.70. The van der Waals surface area contributed by atoms with Crippen LogP contribution >= 0.6 is 15.9 Å². The fourth-order valence-electron chi connectivity index (χ4n) is 1.07. The highest BCUT2D eigenvalue weighted by Gasteiger charge is 2.05. The Kier molecular flexibility index (Phi) is 3.23. The average Bonchev–Trinajstić information content (AvgIpc) is 2.07. The van der Waals surface area contributed by atoms with Crippen molar-refractivity contribution in [3.63, 3.8) is 0 Å². The first-order chi connectivity index (χ1) is 5.66. The van der Waals surface area contributed by atoms with Gasteiger partial charge in [0.1, 0.15) is 5.82 Å². The molecule has 0 spiro atoms. The predicted molar refractivity (Wildman–Crippen MR) is 51.6 cm³/mol. The molecule has 0 aliphatic heterocycles. The minimum atomic E-state index is -0.202. The molecule has 0 bridgehead atoms. The van der Waals surface area contributed by atoms with Gasteiger partial charge in [-0.3, -0.25) is 0 Å². The number of benzene rings is 1. The van der Waals surface area contributed by atoms with Crippen LogP contribution in [0.2, 0.25) is 0 Å². The second kappa shape index (κ2) is 4.01. The summed E-state index contributed by atoms with van der Waals surface area (Å²) in [7, 11) is 1.87. The van der Waals surface area contributed by atoms with Crippen LogP contribution in [0.1, 0.15) is 11.1 Å². The molecule has 0 unspecified atom stereocenters. The van der Waals surface area contributed by atoms with Gasteiger partial charge in [-0.2, -0.15) is 0 Å². The van der Waals surface area contributed by atoms with Crippen LogP contribution in [0.15, 0.2) is 16.6 Å². The summed E-state index contributed by atoms with van der Waals surface area (Å²) in [4.78, 5) is 0. The van der Waals surface area contributed by atoms with Gasteiger partial charge in [-0.15, -0.1) is 0 Å². The van der Waals surface area contributed by atoms with Crippen molar-refractivity contribution in [2.24, 2.45) is 0 Å². The summed E-state index contributed by atoms with van der Waals surface area (Å²) in [6, 6.07) is 3.27. The Balaban J connectivity index is 3.08. The Hall–Kier alpha value is -0.410. The molecule has 12 heavy (non-hydrogen) atoms. The lowest BCUT2D eigenvalue weighted by atomic mass is 10.1. The van der Waals surface area contributed by atoms with E-state index in [1.807, 2.05) is 14.0 Å². The molecular formula is C9H11BrFN. The minimum absolute atomic E-state index is 0.202. The van der Waals surface area contributed by atoms with Gasteiger partial charge in [-0.1, -0.05) is 6.07 Å². The summed E-state index contributed by atoms with van der Waals surface area (Å²) in [5, 5.41) is 3.03. The molecule has 0 heterocycles. The third-order valence-corrected chi connectivity index (χ3v) is 2.79. The van der Waals surface area contributed by atoms with E-state index in [1.54, 1.807) is 6.07 Å². The molecule has 0 radical (unpaired) electrons. The second-order valence-electron chi connectivity index (χ2n) is 2.68. The van der Waals surface area contributed by atoms with E-state index in [2.05, 4.69) is 21.2 Å². The quantitative estimate of drug-likeness (QED) is 0.826. The van der Waals surface area contributed by atoms with Crippen molar-refractivity contribution in [3.05, 3.63) is 33.5 Å². The van der Waals surface area contributed by atoms with Gasteiger partial charge in [0.05, 0.1) is 4.47 Å². The average molecular weight is 232 g/mol. The molecule has 0 aliphatic carbocycles. The van der Waals surface area contributed by atoms with Gasteiger partial charge in [-0.25, -0.2) is 4.39 Å². The maximum absolute atomic E-state index is 12.9. The highest BCUT2D eigenvalue weighted by Crippen LogP contribution is 2.22. The molecule has 1 nitrogen and oxygen atoms in total. The Bertz CT molecular complexity index is 286. The van der Waals surface area contributed by atoms with Gasteiger partial charge < -0.3 is 5.32 Å². The molecule has 0 amide bonds. The van der Waals surface area contributed by atoms with Gasteiger partial charge in [0.15, 0.2) is 0 Å². The van der Waals surface area contributed by atoms with Crippen molar-refractivity contribution in [2.45, 2.75) is 13.5 Å². The number of rotatable bonds is 2. The number of hydrogen-bond acceptors (Lipinski definition) is 1. The van der Waals surface area contributed by atoms with E-state index in [9.17, 15) is 4.39 Å². The first-order valence-corrected chi connectivity index (χ1v) is 4.54. The maximum Gasteiger partial charge on any atom is 0.137 e. The largest absolute Gasteiger partial charge is 0.316 e. The molecule has 1 rings (SSSR count). The molecule has 0 saturated heterocycles. The van der Waals surface area contributed by atoms with E-state index in [-0.39, 0.29) is 5.82 Å². The van der Waals surface area contributed by atoms with E-state index in [1.165, 1.54) is 6.07 Å². The fraction of sp³-hybridized carbons (Fsp3) is 0.333. The van der Waals surface area contributed by atoms with Crippen LogP contribution in [0, 0.1) is 12.7 Å². The van der Waals surface area contributed by atoms with Crippen molar-refractivity contribution in [1.29, 1.82) is 0 Å². The lowest BCUT2D eigenvalue weighted by Gasteiger charge is -2.07. The van der Waals surface area contributed by atoms with Gasteiger partial charge in [0.25, 0.3) is 0 Å². The van der Waals surface area contributed by atoms with Crippen LogP contribution in [-0.2, 0) is 6.54 Å². The van der Waals surface area contributed by atoms with Crippen LogP contribution in [0.3, 0.4) is 0 Å². The Labute approximate surface area is 80.1 Å². The van der Waals surface area contributed by atoms with Crippen molar-refractivity contribution < 1.29 is 4.39 Å². The monoisotopic (exact) mass is 231 g/mol. The van der Waals surface area contributed by atoms with Gasteiger partial charge in [0, 0.05) is 6.54 Å². The number of hydrogen-bond donors (Lipinski definition) is 1. The van der Waals surface area contributed by atoms with Crippen LogP contribution in [0.25, 0.3) is 0 Å². The zero-order chi connectivity index (χ0) is 9.14. The van der Waals surface area contributed by atoms with Crippen molar-refractivity contribution >= 4 is 15.9 Å². The molecule has 66 valence electrons. The highest BCUT2D eigenvalue weighted by molar-refractivity contribution is 9.10. The van der Waals surface area contributed by atoms with Gasteiger partial charge >= 0.3 is 0 Å². The summed E-state index contributed by atoms with van der Waals surface area (Å²) in [6.07, 6.45) is 0. The first kappa shape index (κ1) is 9.68. The van der Waals surface area contributed by atoms with Crippen molar-refractivity contribution in [3.8, 4) is 0 Å². The van der Waals surface area contributed by atoms with E-state index in [4.69, 9.17) is 0 Å². The number of halogens is 2. The molecule has 0 aromatic heterocycles. The molecule has 0 saturated carbocycles. The second-order valence-corrected chi connectivity index (χ2v) is 3.47. The van der Waals surface area contributed by atoms with Crippen LogP contribution in [-0.4, -0.2) is 7.05 Å². The van der Waals surface area contributed by atoms with Crippen LogP contribution in [0.5, 0.6) is 0 Å². The lowest BCUT2D eigenvalue weighted by molar-refractivity contribution is 0.617. The SMILES string of the molecule is CNCc1ccc(F)c(Br)c1C. The van der Waals surface area contributed by atoms with Crippen LogP contribution in [0.4, 0.5) is 4.39 Å².